The van der Waals surface area contributed by atoms with Crippen LogP contribution in [0.2, 0.25) is 0 Å². The molecule has 0 aliphatic rings. The van der Waals surface area contributed by atoms with E-state index in [0.29, 0.717) is 18.9 Å². The number of pyridine rings is 1. The van der Waals surface area contributed by atoms with E-state index in [1.807, 2.05) is 13.8 Å². The summed E-state index contributed by atoms with van der Waals surface area (Å²) in [5, 5.41) is 18.0. The molecule has 0 aliphatic heterocycles. The fourth-order valence-corrected chi connectivity index (χ4v) is 2.40. The van der Waals surface area contributed by atoms with E-state index >= 15 is 0 Å². The van der Waals surface area contributed by atoms with Crippen LogP contribution in [-0.4, -0.2) is 21.4 Å². The maximum absolute atomic E-state index is 11.0. The summed E-state index contributed by atoms with van der Waals surface area (Å²) in [6.07, 6.45) is 1.76. The van der Waals surface area contributed by atoms with E-state index in [1.165, 1.54) is 6.07 Å². The molecule has 0 saturated heterocycles. The summed E-state index contributed by atoms with van der Waals surface area (Å²) in [6, 6.07) is 3.05. The Labute approximate surface area is 120 Å². The molecule has 8 heteroatoms. The minimum atomic E-state index is -0.441. The first-order valence-corrected chi connectivity index (χ1v) is 6.96. The molecule has 0 amide bonds. The summed E-state index contributed by atoms with van der Waals surface area (Å²) in [7, 11) is 0. The number of anilines is 2. The minimum absolute atomic E-state index is 0.0344. The number of nitrogens with zero attached hydrogens (tertiary/aromatic N) is 3. The Bertz CT molecular complexity index is 614. The van der Waals surface area contributed by atoms with Gasteiger partial charge in [-0.2, -0.15) is 0 Å². The summed E-state index contributed by atoms with van der Waals surface area (Å²) < 4.78 is 0. The van der Waals surface area contributed by atoms with Gasteiger partial charge in [0.05, 0.1) is 16.5 Å². The van der Waals surface area contributed by atoms with Gasteiger partial charge >= 0.3 is 5.69 Å². The molecule has 0 unspecified atom stereocenters. The van der Waals surface area contributed by atoms with Crippen molar-refractivity contribution in [1.82, 2.24) is 9.97 Å². The van der Waals surface area contributed by atoms with Crippen molar-refractivity contribution in [3.05, 3.63) is 38.3 Å². The van der Waals surface area contributed by atoms with Crippen LogP contribution in [0.15, 0.2) is 18.3 Å². The molecule has 106 valence electrons. The van der Waals surface area contributed by atoms with Crippen molar-refractivity contribution in [3.8, 4) is 0 Å². The van der Waals surface area contributed by atoms with Crippen LogP contribution in [0.1, 0.15) is 16.8 Å². The minimum Gasteiger partial charge on any atom is -0.370 e. The number of rotatable bonds is 6. The molecular formula is C12H15N5O2S. The topological polar surface area (TPSA) is 93.0 Å². The molecule has 2 rings (SSSR count). The zero-order valence-electron chi connectivity index (χ0n) is 11.2. The van der Waals surface area contributed by atoms with Crippen molar-refractivity contribution in [2.45, 2.75) is 20.4 Å². The number of nitrogens with one attached hydrogen (secondary N) is 2. The third-order valence-electron chi connectivity index (χ3n) is 2.53. The summed E-state index contributed by atoms with van der Waals surface area (Å²) in [5.74, 6) is 0.876. The van der Waals surface area contributed by atoms with Crippen LogP contribution < -0.4 is 10.6 Å². The van der Waals surface area contributed by atoms with Crippen LogP contribution in [0.5, 0.6) is 0 Å². The molecule has 0 fully saturated rings. The molecule has 2 aromatic rings. The maximum Gasteiger partial charge on any atom is 0.311 e. The number of aryl methyl sites for hydroxylation is 1. The van der Waals surface area contributed by atoms with Crippen LogP contribution in [0.3, 0.4) is 0 Å². The van der Waals surface area contributed by atoms with Crippen molar-refractivity contribution < 1.29 is 4.92 Å². The monoisotopic (exact) mass is 293 g/mol. The third-order valence-corrected chi connectivity index (χ3v) is 3.44. The summed E-state index contributed by atoms with van der Waals surface area (Å²) in [5.41, 5.74) is -0.0344. The molecule has 2 heterocycles. The van der Waals surface area contributed by atoms with Gasteiger partial charge in [0.15, 0.2) is 0 Å². The Morgan fingerprint density at radius 3 is 2.80 bits per heavy atom. The predicted octanol–water partition coefficient (Wildman–Crippen LogP) is 2.80. The van der Waals surface area contributed by atoms with Gasteiger partial charge in [-0.3, -0.25) is 10.1 Å². The average molecular weight is 293 g/mol. The maximum atomic E-state index is 11.0. The second-order valence-corrected chi connectivity index (χ2v) is 5.37. The lowest BCUT2D eigenvalue weighted by Crippen LogP contribution is -2.06. The number of hydrogen-bond donors (Lipinski definition) is 2. The van der Waals surface area contributed by atoms with Crippen molar-refractivity contribution in [3.63, 3.8) is 0 Å². The molecule has 0 radical (unpaired) electrons. The van der Waals surface area contributed by atoms with E-state index in [1.54, 1.807) is 23.6 Å². The summed E-state index contributed by atoms with van der Waals surface area (Å²) in [6.45, 7) is 5.03. The SMILES string of the molecule is CCNc1ccc([N+](=O)[O-])c(NCc2cnc(C)s2)n1. The predicted molar refractivity (Wildman–Crippen MR) is 79.2 cm³/mol. The van der Waals surface area contributed by atoms with E-state index in [2.05, 4.69) is 20.6 Å². The number of thiazole rings is 1. The lowest BCUT2D eigenvalue weighted by Gasteiger charge is -2.07. The van der Waals surface area contributed by atoms with E-state index in [0.717, 1.165) is 9.88 Å². The molecule has 0 saturated carbocycles. The van der Waals surface area contributed by atoms with Crippen LogP contribution in [0.4, 0.5) is 17.3 Å². The van der Waals surface area contributed by atoms with Gasteiger partial charge in [-0.05, 0) is 19.9 Å². The lowest BCUT2D eigenvalue weighted by molar-refractivity contribution is -0.384. The fraction of sp³-hybridized carbons (Fsp3) is 0.333. The molecule has 7 nitrogen and oxygen atoms in total. The molecule has 2 N–H and O–H groups in total. The first kappa shape index (κ1) is 14.2. The van der Waals surface area contributed by atoms with Crippen molar-refractivity contribution >= 4 is 28.7 Å². The van der Waals surface area contributed by atoms with Gasteiger partial charge in [-0.25, -0.2) is 9.97 Å². The zero-order valence-corrected chi connectivity index (χ0v) is 12.0. The van der Waals surface area contributed by atoms with Gasteiger partial charge in [0.25, 0.3) is 0 Å². The molecule has 0 aromatic carbocycles. The molecule has 0 bridgehead atoms. The van der Waals surface area contributed by atoms with Crippen LogP contribution in [0.25, 0.3) is 0 Å². The second kappa shape index (κ2) is 6.29. The Morgan fingerprint density at radius 2 is 2.20 bits per heavy atom. The Balaban J connectivity index is 2.18. The quantitative estimate of drug-likeness (QED) is 0.628. The Kier molecular flexibility index (Phi) is 4.46. The number of aromatic nitrogens is 2. The molecular weight excluding hydrogens is 278 g/mol. The average Bonchev–Trinajstić information content (AvgIpc) is 2.82. The van der Waals surface area contributed by atoms with Gasteiger partial charge in [0.2, 0.25) is 5.82 Å². The highest BCUT2D eigenvalue weighted by Gasteiger charge is 2.16. The van der Waals surface area contributed by atoms with Crippen molar-refractivity contribution in [2.24, 2.45) is 0 Å². The fourth-order valence-electron chi connectivity index (χ4n) is 1.67. The van der Waals surface area contributed by atoms with E-state index in [4.69, 9.17) is 0 Å². The van der Waals surface area contributed by atoms with Gasteiger partial charge in [-0.1, -0.05) is 0 Å². The van der Waals surface area contributed by atoms with Crippen LogP contribution >= 0.6 is 11.3 Å². The van der Waals surface area contributed by atoms with E-state index in [9.17, 15) is 10.1 Å². The van der Waals surface area contributed by atoms with Crippen molar-refractivity contribution in [2.75, 3.05) is 17.2 Å². The summed E-state index contributed by atoms with van der Waals surface area (Å²) in [4.78, 5) is 19.9. The first-order chi connectivity index (χ1) is 9.60. The second-order valence-electron chi connectivity index (χ2n) is 4.05. The molecule has 20 heavy (non-hydrogen) atoms. The highest BCUT2D eigenvalue weighted by molar-refractivity contribution is 7.11. The van der Waals surface area contributed by atoms with Gasteiger partial charge in [0, 0.05) is 23.7 Å². The first-order valence-electron chi connectivity index (χ1n) is 6.14. The van der Waals surface area contributed by atoms with Crippen molar-refractivity contribution in [1.29, 1.82) is 0 Å². The van der Waals surface area contributed by atoms with Gasteiger partial charge in [0.1, 0.15) is 5.82 Å². The largest absolute Gasteiger partial charge is 0.370 e. The smallest absolute Gasteiger partial charge is 0.311 e. The molecule has 0 spiro atoms. The number of nitro groups is 1. The Morgan fingerprint density at radius 1 is 1.40 bits per heavy atom. The number of hydrogen-bond acceptors (Lipinski definition) is 7. The lowest BCUT2D eigenvalue weighted by atomic mass is 10.3. The Hall–Kier alpha value is -2.22. The normalized spacial score (nSPS) is 10.3. The van der Waals surface area contributed by atoms with E-state index < -0.39 is 4.92 Å². The highest BCUT2D eigenvalue weighted by Crippen LogP contribution is 2.25. The molecule has 0 aliphatic carbocycles. The van der Waals surface area contributed by atoms with E-state index in [-0.39, 0.29) is 11.5 Å². The summed E-state index contributed by atoms with van der Waals surface area (Å²) >= 11 is 1.55. The van der Waals surface area contributed by atoms with Crippen LogP contribution in [0, 0.1) is 17.0 Å². The van der Waals surface area contributed by atoms with Gasteiger partial charge in [-0.15, -0.1) is 11.3 Å². The van der Waals surface area contributed by atoms with Gasteiger partial charge < -0.3 is 10.6 Å². The standard InChI is InChI=1S/C12H15N5O2S/c1-3-13-11-5-4-10(17(18)19)12(16-11)15-7-9-6-14-8(2)20-9/h4-6H,3,7H2,1-2H3,(H2,13,15,16). The molecule has 0 atom stereocenters. The highest BCUT2D eigenvalue weighted by atomic mass is 32.1. The molecule has 2 aromatic heterocycles. The third kappa shape index (κ3) is 3.41. The zero-order chi connectivity index (χ0) is 14.5. The van der Waals surface area contributed by atoms with Crippen LogP contribution in [-0.2, 0) is 6.54 Å².